The number of pyridine rings is 1. The summed E-state index contributed by atoms with van der Waals surface area (Å²) in [6.07, 6.45) is 8.21. The first kappa shape index (κ1) is 18.2. The molecule has 1 aromatic rings. The van der Waals surface area contributed by atoms with Crippen LogP contribution in [0.1, 0.15) is 36.0 Å². The molecule has 0 bridgehead atoms. The number of hydrogen-bond acceptors (Lipinski definition) is 3. The smallest absolute Gasteiger partial charge is 0.255 e. The molecule has 118 valence electrons. The Bertz CT molecular complexity index is 439. The predicted octanol–water partition coefficient (Wildman–Crippen LogP) is 2.53. The lowest BCUT2D eigenvalue weighted by Crippen LogP contribution is -2.47. The molecule has 2 fully saturated rings. The van der Waals surface area contributed by atoms with Crippen molar-refractivity contribution in [3.05, 3.63) is 30.1 Å². The van der Waals surface area contributed by atoms with Gasteiger partial charge in [0.2, 0.25) is 0 Å². The van der Waals surface area contributed by atoms with Gasteiger partial charge in [-0.25, -0.2) is 0 Å². The number of piperidine rings is 2. The average Bonchev–Trinajstić information content (AvgIpc) is 2.49. The molecule has 1 amide bonds. The Morgan fingerprint density at radius 3 is 2.38 bits per heavy atom. The minimum absolute atomic E-state index is 0. The zero-order valence-electron chi connectivity index (χ0n) is 12.1. The van der Waals surface area contributed by atoms with E-state index in [0.717, 1.165) is 39.0 Å². The van der Waals surface area contributed by atoms with Crippen molar-refractivity contribution in [2.45, 2.75) is 25.7 Å². The number of amides is 1. The molecule has 21 heavy (non-hydrogen) atoms. The number of aromatic nitrogens is 1. The Morgan fingerprint density at radius 2 is 1.81 bits per heavy atom. The summed E-state index contributed by atoms with van der Waals surface area (Å²) in [5.74, 6) is 0.136. The van der Waals surface area contributed by atoms with Gasteiger partial charge in [-0.2, -0.15) is 0 Å². The van der Waals surface area contributed by atoms with Crippen LogP contribution in [0.5, 0.6) is 0 Å². The van der Waals surface area contributed by atoms with E-state index in [1.165, 1.54) is 12.8 Å². The molecule has 0 unspecified atom stereocenters. The fourth-order valence-corrected chi connectivity index (χ4v) is 3.31. The van der Waals surface area contributed by atoms with Gasteiger partial charge in [0.15, 0.2) is 0 Å². The molecule has 0 aromatic carbocycles. The van der Waals surface area contributed by atoms with E-state index in [1.807, 2.05) is 17.0 Å². The molecule has 0 aliphatic carbocycles. The molecule has 0 atom stereocenters. The number of rotatable bonds is 1. The van der Waals surface area contributed by atoms with Gasteiger partial charge < -0.3 is 10.2 Å². The molecule has 3 rings (SSSR count). The zero-order valence-corrected chi connectivity index (χ0v) is 13.7. The highest BCUT2D eigenvalue weighted by atomic mass is 35.5. The van der Waals surface area contributed by atoms with Crippen molar-refractivity contribution in [2.24, 2.45) is 5.41 Å². The number of carbonyl (C=O) groups excluding carboxylic acids is 1. The highest BCUT2D eigenvalue weighted by Crippen LogP contribution is 2.39. The first-order valence-electron chi connectivity index (χ1n) is 7.19. The van der Waals surface area contributed by atoms with Gasteiger partial charge in [0.05, 0.1) is 5.56 Å². The van der Waals surface area contributed by atoms with E-state index in [1.54, 1.807) is 12.4 Å². The zero-order chi connectivity index (χ0) is 13.1. The minimum atomic E-state index is 0. The highest BCUT2D eigenvalue weighted by Gasteiger charge is 2.36. The fourth-order valence-electron chi connectivity index (χ4n) is 3.31. The molecule has 1 aromatic heterocycles. The molecular weight excluding hydrogens is 309 g/mol. The normalized spacial score (nSPS) is 20.3. The number of halogens is 2. The van der Waals surface area contributed by atoms with E-state index in [0.29, 0.717) is 11.0 Å². The van der Waals surface area contributed by atoms with Crippen LogP contribution in [0.25, 0.3) is 0 Å². The second-order valence-electron chi connectivity index (χ2n) is 5.78. The van der Waals surface area contributed by atoms with Crippen LogP contribution in [0.15, 0.2) is 24.5 Å². The topological polar surface area (TPSA) is 45.2 Å². The van der Waals surface area contributed by atoms with Crippen LogP contribution in [0, 0.1) is 5.41 Å². The van der Waals surface area contributed by atoms with Crippen LogP contribution in [0.3, 0.4) is 0 Å². The van der Waals surface area contributed by atoms with E-state index in [4.69, 9.17) is 0 Å². The van der Waals surface area contributed by atoms with Crippen molar-refractivity contribution in [2.75, 3.05) is 26.2 Å². The summed E-state index contributed by atoms with van der Waals surface area (Å²) in [6.45, 7) is 4.06. The van der Waals surface area contributed by atoms with Crippen LogP contribution in [-0.2, 0) is 0 Å². The van der Waals surface area contributed by atoms with Crippen LogP contribution in [0.4, 0.5) is 0 Å². The Balaban J connectivity index is 0.00000110. The van der Waals surface area contributed by atoms with Gasteiger partial charge in [0.25, 0.3) is 5.91 Å². The average molecular weight is 332 g/mol. The third-order valence-corrected chi connectivity index (χ3v) is 4.68. The van der Waals surface area contributed by atoms with E-state index >= 15 is 0 Å². The van der Waals surface area contributed by atoms with Crippen molar-refractivity contribution in [3.8, 4) is 0 Å². The van der Waals surface area contributed by atoms with Gasteiger partial charge in [0.1, 0.15) is 0 Å². The van der Waals surface area contributed by atoms with Crippen LogP contribution in [-0.4, -0.2) is 42.0 Å². The lowest BCUT2D eigenvalue weighted by Gasteiger charge is -2.44. The van der Waals surface area contributed by atoms with E-state index in [-0.39, 0.29) is 30.7 Å². The fraction of sp³-hybridized carbons (Fsp3) is 0.600. The molecule has 0 saturated carbocycles. The lowest BCUT2D eigenvalue weighted by atomic mass is 9.71. The number of nitrogens with one attached hydrogen (secondary N) is 1. The summed E-state index contributed by atoms with van der Waals surface area (Å²) in [6, 6.07) is 3.68. The predicted molar refractivity (Wildman–Crippen MR) is 88.4 cm³/mol. The van der Waals surface area contributed by atoms with Crippen LogP contribution >= 0.6 is 24.8 Å². The number of likely N-dealkylation sites (tertiary alicyclic amines) is 1. The molecule has 4 nitrogen and oxygen atoms in total. The van der Waals surface area contributed by atoms with Crippen molar-refractivity contribution in [3.63, 3.8) is 0 Å². The largest absolute Gasteiger partial charge is 0.339 e. The Labute approximate surface area is 138 Å². The molecule has 2 aliphatic rings. The number of nitrogens with zero attached hydrogens (tertiary/aromatic N) is 2. The molecule has 1 N–H and O–H groups in total. The monoisotopic (exact) mass is 331 g/mol. The summed E-state index contributed by atoms with van der Waals surface area (Å²) >= 11 is 0. The first-order valence-corrected chi connectivity index (χ1v) is 7.19. The second-order valence-corrected chi connectivity index (χ2v) is 5.78. The molecule has 1 spiro atoms. The quantitative estimate of drug-likeness (QED) is 0.860. The summed E-state index contributed by atoms with van der Waals surface area (Å²) < 4.78 is 0. The molecule has 2 saturated heterocycles. The Kier molecular flexibility index (Phi) is 6.91. The van der Waals surface area contributed by atoms with Gasteiger partial charge in [0, 0.05) is 25.5 Å². The third kappa shape index (κ3) is 4.09. The maximum absolute atomic E-state index is 12.3. The maximum atomic E-state index is 12.3. The molecular formula is C15H23Cl2N3O. The van der Waals surface area contributed by atoms with Gasteiger partial charge in [-0.05, 0) is 56.3 Å². The Hall–Kier alpha value is -0.840. The highest BCUT2D eigenvalue weighted by molar-refractivity contribution is 5.93. The summed E-state index contributed by atoms with van der Waals surface area (Å²) in [5, 5.41) is 3.43. The molecule has 0 radical (unpaired) electrons. The van der Waals surface area contributed by atoms with E-state index < -0.39 is 0 Å². The van der Waals surface area contributed by atoms with Crippen LogP contribution in [0.2, 0.25) is 0 Å². The first-order chi connectivity index (χ1) is 9.29. The Morgan fingerprint density at radius 1 is 1.14 bits per heavy atom. The molecule has 3 heterocycles. The maximum Gasteiger partial charge on any atom is 0.255 e. The second kappa shape index (κ2) is 7.97. The van der Waals surface area contributed by atoms with Gasteiger partial charge in [-0.15, -0.1) is 24.8 Å². The van der Waals surface area contributed by atoms with Gasteiger partial charge in [-0.1, -0.05) is 0 Å². The number of hydrogen-bond donors (Lipinski definition) is 1. The van der Waals surface area contributed by atoms with E-state index in [2.05, 4.69) is 10.3 Å². The van der Waals surface area contributed by atoms with Crippen molar-refractivity contribution < 1.29 is 4.79 Å². The van der Waals surface area contributed by atoms with Crippen molar-refractivity contribution in [1.29, 1.82) is 0 Å². The number of carbonyl (C=O) groups is 1. The lowest BCUT2D eigenvalue weighted by molar-refractivity contribution is 0.0495. The minimum Gasteiger partial charge on any atom is -0.339 e. The van der Waals surface area contributed by atoms with Crippen molar-refractivity contribution >= 4 is 30.7 Å². The van der Waals surface area contributed by atoms with E-state index in [9.17, 15) is 4.79 Å². The standard InChI is InChI=1S/C15H21N3O.2ClH/c19-14(13-2-1-7-17-12-13)18-10-5-15(6-11-18)3-8-16-9-4-15;;/h1-2,7,12,16H,3-6,8-11H2;2*1H. The SMILES string of the molecule is Cl.Cl.O=C(c1cccnc1)N1CCC2(CCNCC2)CC1. The van der Waals surface area contributed by atoms with Gasteiger partial charge >= 0.3 is 0 Å². The summed E-state index contributed by atoms with van der Waals surface area (Å²) in [7, 11) is 0. The third-order valence-electron chi connectivity index (χ3n) is 4.68. The summed E-state index contributed by atoms with van der Waals surface area (Å²) in [5.41, 5.74) is 1.21. The van der Waals surface area contributed by atoms with Crippen molar-refractivity contribution in [1.82, 2.24) is 15.2 Å². The molecule has 6 heteroatoms. The van der Waals surface area contributed by atoms with Gasteiger partial charge in [-0.3, -0.25) is 9.78 Å². The summed E-state index contributed by atoms with van der Waals surface area (Å²) in [4.78, 5) is 18.4. The molecule has 2 aliphatic heterocycles. The van der Waals surface area contributed by atoms with Crippen LogP contribution < -0.4 is 5.32 Å².